The molecule has 92 valence electrons. The Hall–Kier alpha value is -0.910. The summed E-state index contributed by atoms with van der Waals surface area (Å²) in [6.45, 7) is 2.90. The molecule has 0 aliphatic rings. The van der Waals surface area contributed by atoms with Crippen molar-refractivity contribution in [2.24, 2.45) is 5.11 Å². The summed E-state index contributed by atoms with van der Waals surface area (Å²) >= 11 is 1.78. The summed E-state index contributed by atoms with van der Waals surface area (Å²) in [5.41, 5.74) is 8.10. The number of nitrogens with zero attached hydrogens (tertiary/aromatic N) is 3. The van der Waals surface area contributed by atoms with Gasteiger partial charge in [0, 0.05) is 18.0 Å². The number of azide groups is 1. The fourth-order valence-corrected chi connectivity index (χ4v) is 1.82. The lowest BCUT2D eigenvalue weighted by molar-refractivity contribution is -0.143. The third kappa shape index (κ3) is 7.39. The Kier molecular flexibility index (Phi) is 10.00. The van der Waals surface area contributed by atoms with E-state index in [2.05, 4.69) is 27.0 Å². The molecule has 0 aromatic carbocycles. The van der Waals surface area contributed by atoms with Gasteiger partial charge in [0.05, 0.1) is 7.11 Å². The van der Waals surface area contributed by atoms with Crippen molar-refractivity contribution in [1.29, 1.82) is 0 Å². The van der Waals surface area contributed by atoms with Gasteiger partial charge in [-0.25, -0.2) is 0 Å². The van der Waals surface area contributed by atoms with E-state index in [1.165, 1.54) is 7.11 Å². The zero-order valence-electron chi connectivity index (χ0n) is 9.68. The molecule has 0 aromatic rings. The molecule has 1 N–H and O–H groups in total. The molecule has 0 saturated heterocycles. The molecule has 0 heterocycles. The third-order valence-corrected chi connectivity index (χ3v) is 2.84. The molecule has 16 heavy (non-hydrogen) atoms. The van der Waals surface area contributed by atoms with Gasteiger partial charge in [-0.1, -0.05) is 12.0 Å². The summed E-state index contributed by atoms with van der Waals surface area (Å²) in [5, 5.41) is 6.40. The average Bonchev–Trinajstić information content (AvgIpc) is 2.31. The van der Waals surface area contributed by atoms with Crippen molar-refractivity contribution in [1.82, 2.24) is 5.32 Å². The van der Waals surface area contributed by atoms with E-state index in [1.807, 2.05) is 0 Å². The Morgan fingerprint density at radius 1 is 1.69 bits per heavy atom. The standard InChI is InChI=1S/C9H18N4O2S/c1-3-16-7-4-8(9(14)15-2)11-5-6-12-13-10/h8,11H,3-7H2,1-2H3. The topological polar surface area (TPSA) is 87.1 Å². The van der Waals surface area contributed by atoms with Gasteiger partial charge in [-0.05, 0) is 23.5 Å². The Morgan fingerprint density at radius 2 is 2.44 bits per heavy atom. The molecule has 1 unspecified atom stereocenters. The number of esters is 1. The van der Waals surface area contributed by atoms with Crippen LogP contribution < -0.4 is 5.32 Å². The van der Waals surface area contributed by atoms with Crippen molar-refractivity contribution in [3.63, 3.8) is 0 Å². The summed E-state index contributed by atoms with van der Waals surface area (Å²) in [4.78, 5) is 14.0. The molecule has 0 rings (SSSR count). The maximum absolute atomic E-state index is 11.4. The molecule has 0 aliphatic heterocycles. The monoisotopic (exact) mass is 246 g/mol. The Labute approximate surface area is 99.7 Å². The fourth-order valence-electron chi connectivity index (χ4n) is 1.12. The van der Waals surface area contributed by atoms with Crippen LogP contribution in [0.15, 0.2) is 5.11 Å². The van der Waals surface area contributed by atoms with Crippen LogP contribution in [-0.2, 0) is 9.53 Å². The predicted molar refractivity (Wildman–Crippen MR) is 65.4 cm³/mol. The Balaban J connectivity index is 3.89. The lowest BCUT2D eigenvalue weighted by Gasteiger charge is -2.15. The molecule has 6 nitrogen and oxygen atoms in total. The van der Waals surface area contributed by atoms with Crippen LogP contribution in [0.2, 0.25) is 0 Å². The highest BCUT2D eigenvalue weighted by Gasteiger charge is 2.17. The third-order valence-electron chi connectivity index (χ3n) is 1.91. The number of thioether (sulfide) groups is 1. The lowest BCUT2D eigenvalue weighted by Crippen LogP contribution is -2.39. The minimum Gasteiger partial charge on any atom is -0.468 e. The van der Waals surface area contributed by atoms with Gasteiger partial charge in [0.15, 0.2) is 0 Å². The van der Waals surface area contributed by atoms with Crippen molar-refractivity contribution in [3.8, 4) is 0 Å². The van der Waals surface area contributed by atoms with E-state index in [9.17, 15) is 4.79 Å². The number of rotatable bonds is 9. The van der Waals surface area contributed by atoms with E-state index < -0.39 is 0 Å². The van der Waals surface area contributed by atoms with Crippen LogP contribution in [0.3, 0.4) is 0 Å². The van der Waals surface area contributed by atoms with Crippen LogP contribution in [0.5, 0.6) is 0 Å². The predicted octanol–water partition coefficient (Wildman–Crippen LogP) is 1.57. The average molecular weight is 246 g/mol. The fraction of sp³-hybridized carbons (Fsp3) is 0.889. The number of hydrogen-bond donors (Lipinski definition) is 1. The number of methoxy groups -OCH3 is 1. The number of carbonyl (C=O) groups excluding carboxylic acids is 1. The second-order valence-electron chi connectivity index (χ2n) is 2.97. The van der Waals surface area contributed by atoms with E-state index in [1.54, 1.807) is 11.8 Å². The van der Waals surface area contributed by atoms with E-state index in [4.69, 9.17) is 5.53 Å². The maximum atomic E-state index is 11.4. The van der Waals surface area contributed by atoms with E-state index in [-0.39, 0.29) is 12.0 Å². The number of carbonyl (C=O) groups is 1. The first-order chi connectivity index (χ1) is 7.76. The van der Waals surface area contributed by atoms with Gasteiger partial charge in [0.2, 0.25) is 0 Å². The minimum atomic E-state index is -0.307. The Bertz CT molecular complexity index is 244. The van der Waals surface area contributed by atoms with Crippen molar-refractivity contribution < 1.29 is 9.53 Å². The van der Waals surface area contributed by atoms with Gasteiger partial charge >= 0.3 is 5.97 Å². The molecular weight excluding hydrogens is 228 g/mol. The van der Waals surface area contributed by atoms with Crippen LogP contribution in [0.4, 0.5) is 0 Å². The van der Waals surface area contributed by atoms with Crippen molar-refractivity contribution in [3.05, 3.63) is 10.4 Å². The van der Waals surface area contributed by atoms with Crippen LogP contribution in [-0.4, -0.2) is 43.7 Å². The van der Waals surface area contributed by atoms with Crippen molar-refractivity contribution >= 4 is 17.7 Å². The molecule has 0 saturated carbocycles. The van der Waals surface area contributed by atoms with Crippen LogP contribution >= 0.6 is 11.8 Å². The highest BCUT2D eigenvalue weighted by molar-refractivity contribution is 7.99. The first-order valence-electron chi connectivity index (χ1n) is 5.16. The van der Waals surface area contributed by atoms with Gasteiger partial charge < -0.3 is 10.1 Å². The van der Waals surface area contributed by atoms with Crippen LogP contribution in [0.1, 0.15) is 13.3 Å². The zero-order valence-corrected chi connectivity index (χ0v) is 10.5. The zero-order chi connectivity index (χ0) is 12.2. The molecule has 0 aliphatic carbocycles. The normalized spacial score (nSPS) is 11.6. The number of nitrogens with one attached hydrogen (secondary N) is 1. The molecule has 0 aromatic heterocycles. The van der Waals surface area contributed by atoms with Gasteiger partial charge in [0.1, 0.15) is 6.04 Å². The van der Waals surface area contributed by atoms with Crippen LogP contribution in [0, 0.1) is 0 Å². The molecule has 0 amide bonds. The van der Waals surface area contributed by atoms with E-state index in [0.717, 1.165) is 17.9 Å². The molecule has 7 heteroatoms. The molecule has 0 spiro atoms. The minimum absolute atomic E-state index is 0.266. The van der Waals surface area contributed by atoms with E-state index >= 15 is 0 Å². The quantitative estimate of drug-likeness (QED) is 0.220. The summed E-state index contributed by atoms with van der Waals surface area (Å²) < 4.78 is 4.69. The second kappa shape index (κ2) is 10.6. The molecule has 0 fully saturated rings. The first kappa shape index (κ1) is 15.1. The van der Waals surface area contributed by atoms with E-state index in [0.29, 0.717) is 13.1 Å². The van der Waals surface area contributed by atoms with Crippen molar-refractivity contribution in [2.45, 2.75) is 19.4 Å². The summed E-state index contributed by atoms with van der Waals surface area (Å²) in [6.07, 6.45) is 0.724. The summed E-state index contributed by atoms with van der Waals surface area (Å²) in [6, 6.07) is -0.307. The molecule has 0 bridgehead atoms. The summed E-state index contributed by atoms with van der Waals surface area (Å²) in [7, 11) is 1.37. The van der Waals surface area contributed by atoms with Gasteiger partial charge in [-0.15, -0.1) is 0 Å². The number of ether oxygens (including phenoxy) is 1. The highest BCUT2D eigenvalue weighted by atomic mass is 32.2. The first-order valence-corrected chi connectivity index (χ1v) is 6.31. The smallest absolute Gasteiger partial charge is 0.322 e. The van der Waals surface area contributed by atoms with Crippen molar-refractivity contribution in [2.75, 3.05) is 31.7 Å². The van der Waals surface area contributed by atoms with Gasteiger partial charge in [-0.3, -0.25) is 4.79 Å². The molecule has 0 radical (unpaired) electrons. The summed E-state index contributed by atoms with van der Waals surface area (Å²) in [5.74, 6) is 1.68. The maximum Gasteiger partial charge on any atom is 0.322 e. The number of hydrogen-bond acceptors (Lipinski definition) is 5. The lowest BCUT2D eigenvalue weighted by atomic mass is 10.2. The second-order valence-corrected chi connectivity index (χ2v) is 4.36. The van der Waals surface area contributed by atoms with Gasteiger partial charge in [0.25, 0.3) is 0 Å². The molecule has 1 atom stereocenters. The highest BCUT2D eigenvalue weighted by Crippen LogP contribution is 2.05. The SMILES string of the molecule is CCSCCC(NCCN=[N+]=[N-])C(=O)OC. The molecular formula is C9H18N4O2S. The Morgan fingerprint density at radius 3 is 3.00 bits per heavy atom. The van der Waals surface area contributed by atoms with Crippen LogP contribution in [0.25, 0.3) is 10.4 Å². The largest absolute Gasteiger partial charge is 0.468 e. The van der Waals surface area contributed by atoms with Gasteiger partial charge in [-0.2, -0.15) is 11.8 Å².